The second-order valence-corrected chi connectivity index (χ2v) is 2.97. The van der Waals surface area contributed by atoms with E-state index in [1.807, 2.05) is 0 Å². The molecule has 0 amide bonds. The van der Waals surface area contributed by atoms with E-state index in [4.69, 9.17) is 4.74 Å². The molecule has 0 aromatic heterocycles. The Hall–Kier alpha value is -0.530. The summed E-state index contributed by atoms with van der Waals surface area (Å²) in [5, 5.41) is 0. The van der Waals surface area contributed by atoms with Gasteiger partial charge in [0, 0.05) is 5.41 Å². The first kappa shape index (κ1) is 10.5. The molecule has 2 nitrogen and oxygen atoms in total. The molecule has 2 heteroatoms. The van der Waals surface area contributed by atoms with Gasteiger partial charge in [-0.2, -0.15) is 0 Å². The quantitative estimate of drug-likeness (QED) is 0.555. The van der Waals surface area contributed by atoms with Gasteiger partial charge in [0.1, 0.15) is 0 Å². The first-order chi connectivity index (χ1) is 5.24. The van der Waals surface area contributed by atoms with Gasteiger partial charge in [0.15, 0.2) is 0 Å². The van der Waals surface area contributed by atoms with Crippen molar-refractivity contribution >= 4 is 6.47 Å². The third-order valence-corrected chi connectivity index (χ3v) is 2.71. The zero-order valence-corrected chi connectivity index (χ0v) is 7.72. The molecule has 0 radical (unpaired) electrons. The molecule has 0 saturated heterocycles. The average molecular weight is 158 g/mol. The van der Waals surface area contributed by atoms with Gasteiger partial charge in [-0.1, -0.05) is 20.8 Å². The molecule has 0 aromatic rings. The number of carbonyl (C=O) groups is 1. The summed E-state index contributed by atoms with van der Waals surface area (Å²) in [6, 6.07) is 0. The van der Waals surface area contributed by atoms with Gasteiger partial charge in [0.2, 0.25) is 0 Å². The Balaban J connectivity index is 3.93. The van der Waals surface area contributed by atoms with Gasteiger partial charge in [-0.3, -0.25) is 4.79 Å². The number of carbonyl (C=O) groups excluding carboxylic acids is 1. The fourth-order valence-corrected chi connectivity index (χ4v) is 1.27. The average Bonchev–Trinajstić information content (AvgIpc) is 2.08. The van der Waals surface area contributed by atoms with Crippen LogP contribution in [0.3, 0.4) is 0 Å². The van der Waals surface area contributed by atoms with Crippen LogP contribution < -0.4 is 0 Å². The highest BCUT2D eigenvalue weighted by Crippen LogP contribution is 2.30. The van der Waals surface area contributed by atoms with E-state index in [1.165, 1.54) is 0 Å². The van der Waals surface area contributed by atoms with Crippen molar-refractivity contribution in [3.63, 3.8) is 0 Å². The van der Waals surface area contributed by atoms with Gasteiger partial charge in [-0.05, 0) is 19.3 Å². The normalized spacial score (nSPS) is 11.2. The molecule has 0 aromatic carbocycles. The molecule has 0 atom stereocenters. The number of rotatable bonds is 6. The van der Waals surface area contributed by atoms with Crippen LogP contribution in [0.5, 0.6) is 0 Å². The minimum absolute atomic E-state index is 0.223. The molecule has 0 saturated carbocycles. The Bertz CT molecular complexity index is 97.9. The van der Waals surface area contributed by atoms with Crippen LogP contribution in [0.2, 0.25) is 0 Å². The second kappa shape index (κ2) is 5.16. The van der Waals surface area contributed by atoms with E-state index in [1.54, 1.807) is 0 Å². The van der Waals surface area contributed by atoms with Gasteiger partial charge in [0.25, 0.3) is 6.47 Å². The molecule has 11 heavy (non-hydrogen) atoms. The summed E-state index contributed by atoms with van der Waals surface area (Å²) in [5.74, 6) is 0. The van der Waals surface area contributed by atoms with Gasteiger partial charge in [0.05, 0.1) is 6.61 Å². The topological polar surface area (TPSA) is 26.3 Å². The van der Waals surface area contributed by atoms with E-state index in [-0.39, 0.29) is 5.41 Å². The number of ether oxygens (including phenoxy) is 1. The van der Waals surface area contributed by atoms with E-state index >= 15 is 0 Å². The van der Waals surface area contributed by atoms with Gasteiger partial charge >= 0.3 is 0 Å². The summed E-state index contributed by atoms with van der Waals surface area (Å²) in [4.78, 5) is 9.98. The first-order valence-electron chi connectivity index (χ1n) is 4.30. The van der Waals surface area contributed by atoms with E-state index in [2.05, 4.69) is 20.8 Å². The van der Waals surface area contributed by atoms with Crippen molar-refractivity contribution in [3.05, 3.63) is 0 Å². The highest BCUT2D eigenvalue weighted by Gasteiger charge is 2.24. The summed E-state index contributed by atoms with van der Waals surface area (Å²) in [6.45, 7) is 7.53. The van der Waals surface area contributed by atoms with Gasteiger partial charge in [-0.25, -0.2) is 0 Å². The maximum absolute atomic E-state index is 9.98. The fraction of sp³-hybridized carbons (Fsp3) is 0.889. The lowest BCUT2D eigenvalue weighted by atomic mass is 9.81. The molecular weight excluding hydrogens is 140 g/mol. The molecule has 0 aliphatic heterocycles. The second-order valence-electron chi connectivity index (χ2n) is 2.97. The first-order valence-corrected chi connectivity index (χ1v) is 4.30. The van der Waals surface area contributed by atoms with Crippen molar-refractivity contribution < 1.29 is 9.53 Å². The minimum Gasteiger partial charge on any atom is -0.467 e. The largest absolute Gasteiger partial charge is 0.467 e. The Morgan fingerprint density at radius 2 is 1.64 bits per heavy atom. The van der Waals surface area contributed by atoms with Crippen LogP contribution in [0.1, 0.15) is 40.0 Å². The molecule has 0 aliphatic carbocycles. The van der Waals surface area contributed by atoms with Gasteiger partial charge in [-0.15, -0.1) is 0 Å². The Labute approximate surface area is 68.9 Å². The summed E-state index contributed by atoms with van der Waals surface area (Å²) in [7, 11) is 0. The summed E-state index contributed by atoms with van der Waals surface area (Å²) in [5.41, 5.74) is 0.223. The zero-order chi connectivity index (χ0) is 8.74. The molecule has 66 valence electrons. The van der Waals surface area contributed by atoms with Crippen molar-refractivity contribution in [1.29, 1.82) is 0 Å². The molecule has 0 unspecified atom stereocenters. The maximum atomic E-state index is 9.98. The predicted octanol–water partition coefficient (Wildman–Crippen LogP) is 2.38. The maximum Gasteiger partial charge on any atom is 0.293 e. The van der Waals surface area contributed by atoms with Crippen LogP contribution in [0.25, 0.3) is 0 Å². The van der Waals surface area contributed by atoms with E-state index < -0.39 is 0 Å². The predicted molar refractivity (Wildman–Crippen MR) is 45.3 cm³/mol. The van der Waals surface area contributed by atoms with Crippen LogP contribution in [0.4, 0.5) is 0 Å². The molecule has 0 aliphatic rings. The van der Waals surface area contributed by atoms with Crippen molar-refractivity contribution in [2.45, 2.75) is 40.0 Å². The van der Waals surface area contributed by atoms with Crippen LogP contribution in [-0.2, 0) is 9.53 Å². The summed E-state index contributed by atoms with van der Waals surface area (Å²) >= 11 is 0. The summed E-state index contributed by atoms with van der Waals surface area (Å²) in [6.07, 6.45) is 3.23. The van der Waals surface area contributed by atoms with E-state index in [0.717, 1.165) is 19.3 Å². The lowest BCUT2D eigenvalue weighted by Gasteiger charge is -2.28. The lowest BCUT2D eigenvalue weighted by molar-refractivity contribution is -0.132. The third-order valence-electron chi connectivity index (χ3n) is 2.71. The molecule has 0 spiro atoms. The molecular formula is C9H18O2. The monoisotopic (exact) mass is 158 g/mol. The molecule has 0 N–H and O–H groups in total. The van der Waals surface area contributed by atoms with Crippen LogP contribution in [0, 0.1) is 5.41 Å². The van der Waals surface area contributed by atoms with Crippen molar-refractivity contribution in [1.82, 2.24) is 0 Å². The summed E-state index contributed by atoms with van der Waals surface area (Å²) < 4.78 is 4.79. The van der Waals surface area contributed by atoms with Crippen LogP contribution >= 0.6 is 0 Å². The van der Waals surface area contributed by atoms with E-state index in [0.29, 0.717) is 13.1 Å². The Kier molecular flexibility index (Phi) is 4.92. The molecule has 0 heterocycles. The molecule has 0 fully saturated rings. The third kappa shape index (κ3) is 2.91. The minimum atomic E-state index is 0.223. The standard InChI is InChI=1S/C9H18O2/c1-4-9(5-2,6-3)7-11-8-10/h8H,4-7H2,1-3H3. The van der Waals surface area contributed by atoms with Crippen LogP contribution in [-0.4, -0.2) is 13.1 Å². The SMILES string of the molecule is CCC(CC)(CC)COC=O. The van der Waals surface area contributed by atoms with Crippen molar-refractivity contribution in [2.75, 3.05) is 6.61 Å². The highest BCUT2D eigenvalue weighted by molar-refractivity contribution is 5.37. The van der Waals surface area contributed by atoms with E-state index in [9.17, 15) is 4.79 Å². The Morgan fingerprint density at radius 3 is 1.91 bits per heavy atom. The van der Waals surface area contributed by atoms with Crippen molar-refractivity contribution in [2.24, 2.45) is 5.41 Å². The lowest BCUT2D eigenvalue weighted by Crippen LogP contribution is -2.24. The molecule has 0 bridgehead atoms. The zero-order valence-electron chi connectivity index (χ0n) is 7.72. The highest BCUT2D eigenvalue weighted by atomic mass is 16.5. The molecule has 0 rings (SSSR count). The van der Waals surface area contributed by atoms with Crippen molar-refractivity contribution in [3.8, 4) is 0 Å². The Morgan fingerprint density at radius 1 is 1.18 bits per heavy atom. The number of hydrogen-bond acceptors (Lipinski definition) is 2. The van der Waals surface area contributed by atoms with Crippen LogP contribution in [0.15, 0.2) is 0 Å². The fourth-order valence-electron chi connectivity index (χ4n) is 1.27. The van der Waals surface area contributed by atoms with Gasteiger partial charge < -0.3 is 4.74 Å². The number of hydrogen-bond donors (Lipinski definition) is 0. The smallest absolute Gasteiger partial charge is 0.293 e.